The summed E-state index contributed by atoms with van der Waals surface area (Å²) in [6, 6.07) is 0.357. The van der Waals surface area contributed by atoms with Crippen molar-refractivity contribution in [1.29, 1.82) is 0 Å². The van der Waals surface area contributed by atoms with Crippen LogP contribution in [-0.2, 0) is 9.53 Å². The zero-order chi connectivity index (χ0) is 13.0. The molecule has 0 aromatic heterocycles. The molecule has 2 N–H and O–H groups in total. The normalized spacial score (nSPS) is 30.2. The summed E-state index contributed by atoms with van der Waals surface area (Å²) >= 11 is 0. The highest BCUT2D eigenvalue weighted by Gasteiger charge is 2.40. The minimum atomic E-state index is -0.589. The number of hydrogen-bond acceptors (Lipinski definition) is 3. The average Bonchev–Trinajstić information content (AvgIpc) is 2.42. The van der Waals surface area contributed by atoms with Gasteiger partial charge in [-0.25, -0.2) is 0 Å². The highest BCUT2D eigenvalue weighted by Crippen LogP contribution is 2.26. The van der Waals surface area contributed by atoms with E-state index in [1.807, 2.05) is 0 Å². The molecule has 0 atom stereocenters. The quantitative estimate of drug-likeness (QED) is 0.834. The summed E-state index contributed by atoms with van der Waals surface area (Å²) in [5.74, 6) is 0.916. The van der Waals surface area contributed by atoms with Gasteiger partial charge in [-0.1, -0.05) is 6.92 Å². The minimum Gasteiger partial charge on any atom is -0.368 e. The standard InChI is InChI=1S/C14H26N2O2.ClH/c1-11-3-5-12(6-4-11)16-13(17)14(18-2)7-9-15-10-8-14;/h11-12,15H,3-10H2,1-2H3,(H,16,17);1H. The monoisotopic (exact) mass is 290 g/mol. The fourth-order valence-electron chi connectivity index (χ4n) is 3.08. The molecule has 2 rings (SSSR count). The van der Waals surface area contributed by atoms with Gasteiger partial charge in [0, 0.05) is 13.2 Å². The number of ether oxygens (including phenoxy) is 1. The Labute approximate surface area is 122 Å². The number of carbonyl (C=O) groups is 1. The molecule has 0 unspecified atom stereocenters. The molecule has 0 bridgehead atoms. The Balaban J connectivity index is 0.00000180. The van der Waals surface area contributed by atoms with E-state index in [1.165, 1.54) is 12.8 Å². The first-order valence-corrected chi connectivity index (χ1v) is 7.23. The maximum atomic E-state index is 12.4. The molecule has 1 aliphatic carbocycles. The molecule has 1 saturated heterocycles. The van der Waals surface area contributed by atoms with E-state index in [0.29, 0.717) is 6.04 Å². The van der Waals surface area contributed by atoms with Crippen LogP contribution in [0.5, 0.6) is 0 Å². The Kier molecular flexibility index (Phi) is 6.57. The molecule has 0 radical (unpaired) electrons. The number of nitrogens with one attached hydrogen (secondary N) is 2. The molecule has 1 saturated carbocycles. The molecule has 1 aliphatic heterocycles. The lowest BCUT2D eigenvalue weighted by Crippen LogP contribution is -2.56. The summed E-state index contributed by atoms with van der Waals surface area (Å²) in [6.45, 7) is 4.02. The smallest absolute Gasteiger partial charge is 0.252 e. The molecule has 19 heavy (non-hydrogen) atoms. The summed E-state index contributed by atoms with van der Waals surface area (Å²) in [6.07, 6.45) is 6.24. The molecule has 0 aromatic rings. The Bertz CT molecular complexity index is 285. The number of carbonyl (C=O) groups excluding carboxylic acids is 1. The number of amides is 1. The van der Waals surface area contributed by atoms with Crippen LogP contribution in [0, 0.1) is 5.92 Å². The topological polar surface area (TPSA) is 50.4 Å². The van der Waals surface area contributed by atoms with E-state index in [-0.39, 0.29) is 18.3 Å². The van der Waals surface area contributed by atoms with Crippen LogP contribution in [-0.4, -0.2) is 37.7 Å². The van der Waals surface area contributed by atoms with Crippen LogP contribution < -0.4 is 10.6 Å². The van der Waals surface area contributed by atoms with Gasteiger partial charge in [-0.05, 0) is 57.5 Å². The molecule has 2 aliphatic rings. The largest absolute Gasteiger partial charge is 0.368 e. The van der Waals surface area contributed by atoms with E-state index in [4.69, 9.17) is 4.74 Å². The maximum absolute atomic E-state index is 12.4. The molecule has 112 valence electrons. The van der Waals surface area contributed by atoms with Gasteiger partial charge < -0.3 is 15.4 Å². The number of hydrogen-bond donors (Lipinski definition) is 2. The van der Waals surface area contributed by atoms with Gasteiger partial charge in [0.25, 0.3) is 5.91 Å². The second-order valence-electron chi connectivity index (χ2n) is 5.88. The van der Waals surface area contributed by atoms with E-state index in [1.54, 1.807) is 7.11 Å². The summed E-state index contributed by atoms with van der Waals surface area (Å²) in [7, 11) is 1.66. The van der Waals surface area contributed by atoms with Crippen molar-refractivity contribution in [3.63, 3.8) is 0 Å². The molecule has 5 heteroatoms. The summed E-state index contributed by atoms with van der Waals surface area (Å²) < 4.78 is 5.55. The van der Waals surface area contributed by atoms with Crippen molar-refractivity contribution >= 4 is 18.3 Å². The van der Waals surface area contributed by atoms with Gasteiger partial charge in [0.1, 0.15) is 5.60 Å². The van der Waals surface area contributed by atoms with Gasteiger partial charge in [-0.2, -0.15) is 0 Å². The zero-order valence-electron chi connectivity index (χ0n) is 12.0. The number of rotatable bonds is 3. The van der Waals surface area contributed by atoms with E-state index in [9.17, 15) is 4.79 Å². The molecule has 4 nitrogen and oxygen atoms in total. The number of halogens is 1. The number of piperidine rings is 1. The van der Waals surface area contributed by atoms with Crippen molar-refractivity contribution in [1.82, 2.24) is 10.6 Å². The van der Waals surface area contributed by atoms with Crippen LogP contribution in [0.25, 0.3) is 0 Å². The van der Waals surface area contributed by atoms with Crippen LogP contribution in [0.3, 0.4) is 0 Å². The summed E-state index contributed by atoms with van der Waals surface area (Å²) in [4.78, 5) is 12.4. The second kappa shape index (κ2) is 7.46. The highest BCUT2D eigenvalue weighted by molar-refractivity contribution is 5.86. The van der Waals surface area contributed by atoms with E-state index < -0.39 is 5.60 Å². The second-order valence-corrected chi connectivity index (χ2v) is 5.88. The third kappa shape index (κ3) is 4.07. The first-order chi connectivity index (χ1) is 8.66. The fraction of sp³-hybridized carbons (Fsp3) is 0.929. The molecule has 1 heterocycles. The van der Waals surface area contributed by atoms with Gasteiger partial charge >= 0.3 is 0 Å². The zero-order valence-corrected chi connectivity index (χ0v) is 12.9. The van der Waals surface area contributed by atoms with Gasteiger partial charge in [0.2, 0.25) is 0 Å². The molecule has 0 spiro atoms. The third-order valence-corrected chi connectivity index (χ3v) is 4.57. The van der Waals surface area contributed by atoms with Crippen molar-refractivity contribution in [2.45, 2.75) is 57.1 Å². The van der Waals surface area contributed by atoms with Gasteiger partial charge in [0.15, 0.2) is 0 Å². The predicted octanol–water partition coefficient (Wildman–Crippen LogP) is 1.87. The lowest BCUT2D eigenvalue weighted by Gasteiger charge is -2.37. The van der Waals surface area contributed by atoms with Crippen molar-refractivity contribution in [2.24, 2.45) is 5.92 Å². The third-order valence-electron chi connectivity index (χ3n) is 4.57. The lowest BCUT2D eigenvalue weighted by atomic mass is 9.86. The summed E-state index contributed by atoms with van der Waals surface area (Å²) in [5, 5.41) is 6.49. The van der Waals surface area contributed by atoms with Crippen LogP contribution >= 0.6 is 12.4 Å². The Morgan fingerprint density at radius 3 is 2.32 bits per heavy atom. The van der Waals surface area contributed by atoms with Crippen molar-refractivity contribution in [3.8, 4) is 0 Å². The molecule has 2 fully saturated rings. The summed E-state index contributed by atoms with van der Waals surface area (Å²) in [5.41, 5.74) is -0.589. The van der Waals surface area contributed by atoms with E-state index in [0.717, 1.165) is 44.7 Å². The Hall–Kier alpha value is -0.320. The first kappa shape index (κ1) is 16.7. The van der Waals surface area contributed by atoms with Crippen molar-refractivity contribution in [3.05, 3.63) is 0 Å². The van der Waals surface area contributed by atoms with Crippen LogP contribution in [0.1, 0.15) is 45.4 Å². The van der Waals surface area contributed by atoms with Crippen molar-refractivity contribution < 1.29 is 9.53 Å². The Morgan fingerprint density at radius 2 is 1.79 bits per heavy atom. The molecular formula is C14H27ClN2O2. The van der Waals surface area contributed by atoms with Crippen LogP contribution in [0.15, 0.2) is 0 Å². The maximum Gasteiger partial charge on any atom is 0.252 e. The molecule has 0 aromatic carbocycles. The highest BCUT2D eigenvalue weighted by atomic mass is 35.5. The van der Waals surface area contributed by atoms with E-state index in [2.05, 4.69) is 17.6 Å². The van der Waals surface area contributed by atoms with Gasteiger partial charge in [-0.15, -0.1) is 12.4 Å². The van der Waals surface area contributed by atoms with Crippen molar-refractivity contribution in [2.75, 3.05) is 20.2 Å². The van der Waals surface area contributed by atoms with Gasteiger partial charge in [0.05, 0.1) is 0 Å². The van der Waals surface area contributed by atoms with Crippen LogP contribution in [0.2, 0.25) is 0 Å². The first-order valence-electron chi connectivity index (χ1n) is 7.23. The SMILES string of the molecule is COC1(C(=O)NC2CCC(C)CC2)CCNCC1.Cl. The van der Waals surface area contributed by atoms with E-state index >= 15 is 0 Å². The molecule has 1 amide bonds. The Morgan fingerprint density at radius 1 is 1.21 bits per heavy atom. The van der Waals surface area contributed by atoms with Gasteiger partial charge in [-0.3, -0.25) is 4.79 Å². The predicted molar refractivity (Wildman–Crippen MR) is 78.7 cm³/mol. The lowest BCUT2D eigenvalue weighted by molar-refractivity contribution is -0.147. The molecular weight excluding hydrogens is 264 g/mol. The van der Waals surface area contributed by atoms with Crippen LogP contribution in [0.4, 0.5) is 0 Å². The fourth-order valence-corrected chi connectivity index (χ4v) is 3.08. The average molecular weight is 291 g/mol. The number of methoxy groups -OCH3 is 1. The minimum absolute atomic E-state index is 0.